The van der Waals surface area contributed by atoms with Crippen LogP contribution in [-0.4, -0.2) is 28.6 Å². The summed E-state index contributed by atoms with van der Waals surface area (Å²) in [4.78, 5) is 17.6. The van der Waals surface area contributed by atoms with E-state index in [4.69, 9.17) is 4.84 Å². The smallest absolute Gasteiger partial charge is 0.306 e. The van der Waals surface area contributed by atoms with E-state index in [1.54, 1.807) is 19.4 Å². The van der Waals surface area contributed by atoms with Gasteiger partial charge in [0, 0.05) is 29.8 Å². The Labute approximate surface area is 138 Å². The lowest BCUT2D eigenvalue weighted by atomic mass is 10.2. The second kappa shape index (κ2) is 8.45. The molecule has 0 aliphatic carbocycles. The Bertz CT molecular complexity index is 677. The Kier molecular flexibility index (Phi) is 6.31. The number of benzene rings is 2. The van der Waals surface area contributed by atoms with Gasteiger partial charge in [-0.05, 0) is 17.2 Å². The van der Waals surface area contributed by atoms with Crippen LogP contribution in [0.5, 0.6) is 0 Å². The summed E-state index contributed by atoms with van der Waals surface area (Å²) in [6.07, 6.45) is 1.63. The van der Waals surface area contributed by atoms with E-state index in [0.29, 0.717) is 18.0 Å². The molecule has 0 aliphatic heterocycles. The second-order valence-corrected chi connectivity index (χ2v) is 6.50. The number of anilines is 1. The van der Waals surface area contributed by atoms with Gasteiger partial charge in [-0.15, -0.1) is 0 Å². The number of nitrogens with zero attached hydrogens (tertiary/aromatic N) is 1. The highest BCUT2D eigenvalue weighted by molar-refractivity contribution is 7.83. The summed E-state index contributed by atoms with van der Waals surface area (Å²) in [5.41, 5.74) is 2.45. The van der Waals surface area contributed by atoms with Crippen molar-refractivity contribution in [2.75, 3.05) is 18.6 Å². The number of rotatable bonds is 6. The minimum absolute atomic E-state index is 0.311. The molecule has 6 heteroatoms. The molecule has 0 spiro atoms. The van der Waals surface area contributed by atoms with Crippen LogP contribution in [-0.2, 0) is 28.0 Å². The van der Waals surface area contributed by atoms with Crippen molar-refractivity contribution < 1.29 is 13.8 Å². The lowest BCUT2D eigenvalue weighted by Crippen LogP contribution is -2.31. The molecule has 0 heterocycles. The minimum atomic E-state index is -0.977. The van der Waals surface area contributed by atoms with Crippen LogP contribution in [0.25, 0.3) is 0 Å². The standard InChI is InChI=1S/C17H20N2O3S/c1-19(22-12-14-8-4-3-5-9-14)17(20)18-16-11-7-6-10-15(16)13-23(2)21/h3-11H,12-13H2,1-2H3,(H,18,20)/t23-/m1/s1. The number of amides is 2. The third-order valence-electron chi connectivity index (χ3n) is 3.17. The van der Waals surface area contributed by atoms with Crippen molar-refractivity contribution in [2.24, 2.45) is 0 Å². The Morgan fingerprint density at radius 1 is 1.13 bits per heavy atom. The van der Waals surface area contributed by atoms with Crippen molar-refractivity contribution in [3.05, 3.63) is 65.7 Å². The Balaban J connectivity index is 1.94. The highest BCUT2D eigenvalue weighted by atomic mass is 32.2. The summed E-state index contributed by atoms with van der Waals surface area (Å²) in [6.45, 7) is 0.311. The fourth-order valence-corrected chi connectivity index (χ4v) is 2.67. The summed E-state index contributed by atoms with van der Waals surface area (Å²) >= 11 is 0. The number of carbonyl (C=O) groups is 1. The molecule has 122 valence electrons. The highest BCUT2D eigenvalue weighted by Gasteiger charge is 2.12. The topological polar surface area (TPSA) is 58.6 Å². The predicted molar refractivity (Wildman–Crippen MR) is 92.2 cm³/mol. The van der Waals surface area contributed by atoms with Gasteiger partial charge in [-0.1, -0.05) is 48.5 Å². The molecule has 0 aliphatic rings. The van der Waals surface area contributed by atoms with E-state index in [0.717, 1.165) is 16.2 Å². The highest BCUT2D eigenvalue weighted by Crippen LogP contribution is 2.17. The van der Waals surface area contributed by atoms with Crippen LogP contribution < -0.4 is 5.32 Å². The number of nitrogens with one attached hydrogen (secondary N) is 1. The van der Waals surface area contributed by atoms with E-state index in [1.165, 1.54) is 0 Å². The van der Waals surface area contributed by atoms with Crippen molar-refractivity contribution in [3.63, 3.8) is 0 Å². The van der Waals surface area contributed by atoms with Gasteiger partial charge in [0.25, 0.3) is 0 Å². The van der Waals surface area contributed by atoms with Gasteiger partial charge in [0.1, 0.15) is 6.61 Å². The second-order valence-electron chi connectivity index (χ2n) is 5.06. The average molecular weight is 332 g/mol. The lowest BCUT2D eigenvalue weighted by Gasteiger charge is -2.18. The molecule has 0 radical (unpaired) electrons. The molecule has 0 bridgehead atoms. The molecule has 0 saturated carbocycles. The summed E-state index contributed by atoms with van der Waals surface area (Å²) in [5.74, 6) is 0.394. The summed E-state index contributed by atoms with van der Waals surface area (Å²) in [7, 11) is 0.578. The van der Waals surface area contributed by atoms with Gasteiger partial charge < -0.3 is 5.32 Å². The normalized spacial score (nSPS) is 11.7. The zero-order valence-corrected chi connectivity index (χ0v) is 14.0. The quantitative estimate of drug-likeness (QED) is 0.827. The van der Waals surface area contributed by atoms with E-state index in [2.05, 4.69) is 5.32 Å². The number of carbonyl (C=O) groups excluding carboxylic acids is 1. The molecular weight excluding hydrogens is 312 g/mol. The fraction of sp³-hybridized carbons (Fsp3) is 0.235. The molecule has 0 unspecified atom stereocenters. The minimum Gasteiger partial charge on any atom is -0.306 e. The fourth-order valence-electron chi connectivity index (χ4n) is 1.99. The largest absolute Gasteiger partial charge is 0.345 e. The van der Waals surface area contributed by atoms with Gasteiger partial charge in [0.15, 0.2) is 0 Å². The number of para-hydroxylation sites is 1. The maximum atomic E-state index is 12.2. The third kappa shape index (κ3) is 5.50. The Morgan fingerprint density at radius 2 is 1.78 bits per heavy atom. The maximum Gasteiger partial charge on any atom is 0.345 e. The molecule has 0 aromatic heterocycles. The van der Waals surface area contributed by atoms with Crippen LogP contribution in [0.3, 0.4) is 0 Å². The van der Waals surface area contributed by atoms with Crippen LogP contribution in [0.15, 0.2) is 54.6 Å². The number of urea groups is 1. The van der Waals surface area contributed by atoms with Crippen LogP contribution in [0.4, 0.5) is 10.5 Å². The van der Waals surface area contributed by atoms with E-state index < -0.39 is 10.8 Å². The van der Waals surface area contributed by atoms with Crippen molar-refractivity contribution in [2.45, 2.75) is 12.4 Å². The molecule has 23 heavy (non-hydrogen) atoms. The molecule has 0 saturated heterocycles. The molecule has 2 rings (SSSR count). The average Bonchev–Trinajstić information content (AvgIpc) is 2.55. The van der Waals surface area contributed by atoms with Crippen LogP contribution in [0.2, 0.25) is 0 Å². The van der Waals surface area contributed by atoms with E-state index in [1.807, 2.05) is 48.5 Å². The van der Waals surface area contributed by atoms with Crippen molar-refractivity contribution in [3.8, 4) is 0 Å². The van der Waals surface area contributed by atoms with Crippen LogP contribution in [0, 0.1) is 0 Å². The summed E-state index contributed by atoms with van der Waals surface area (Å²) in [6, 6.07) is 16.5. The monoisotopic (exact) mass is 332 g/mol. The first-order chi connectivity index (χ1) is 11.1. The molecular formula is C17H20N2O3S. The van der Waals surface area contributed by atoms with Crippen molar-refractivity contribution in [1.29, 1.82) is 0 Å². The molecule has 2 aromatic carbocycles. The van der Waals surface area contributed by atoms with Gasteiger partial charge >= 0.3 is 6.03 Å². The molecule has 1 N–H and O–H groups in total. The Morgan fingerprint density at radius 3 is 2.48 bits per heavy atom. The SMILES string of the molecule is CN(OCc1ccccc1)C(=O)Nc1ccccc1C[S@@](C)=O. The van der Waals surface area contributed by atoms with Gasteiger partial charge in [-0.2, -0.15) is 0 Å². The number of hydroxylamine groups is 2. The molecule has 0 fully saturated rings. The molecule has 5 nitrogen and oxygen atoms in total. The summed E-state index contributed by atoms with van der Waals surface area (Å²) in [5, 5.41) is 3.94. The van der Waals surface area contributed by atoms with Crippen LogP contribution >= 0.6 is 0 Å². The number of hydrogen-bond acceptors (Lipinski definition) is 3. The third-order valence-corrected chi connectivity index (χ3v) is 3.89. The van der Waals surface area contributed by atoms with Gasteiger partial charge in [-0.3, -0.25) is 9.05 Å². The van der Waals surface area contributed by atoms with Crippen molar-refractivity contribution in [1.82, 2.24) is 5.06 Å². The first kappa shape index (κ1) is 17.2. The lowest BCUT2D eigenvalue weighted by molar-refractivity contribution is -0.105. The molecule has 2 amide bonds. The van der Waals surface area contributed by atoms with Crippen molar-refractivity contribution >= 4 is 22.5 Å². The van der Waals surface area contributed by atoms with E-state index in [9.17, 15) is 9.00 Å². The maximum absolute atomic E-state index is 12.2. The summed E-state index contributed by atoms with van der Waals surface area (Å²) < 4.78 is 11.4. The first-order valence-electron chi connectivity index (χ1n) is 7.15. The van der Waals surface area contributed by atoms with E-state index in [-0.39, 0.29) is 6.03 Å². The van der Waals surface area contributed by atoms with Gasteiger partial charge in [-0.25, -0.2) is 9.86 Å². The molecule has 2 aromatic rings. The van der Waals surface area contributed by atoms with Gasteiger partial charge in [0.2, 0.25) is 0 Å². The van der Waals surface area contributed by atoms with Gasteiger partial charge in [0.05, 0.1) is 5.75 Å². The van der Waals surface area contributed by atoms with Crippen LogP contribution in [0.1, 0.15) is 11.1 Å². The molecule has 1 atom stereocenters. The first-order valence-corrected chi connectivity index (χ1v) is 8.88. The zero-order valence-electron chi connectivity index (χ0n) is 13.2. The Hall–Kier alpha value is -2.18. The number of hydrogen-bond donors (Lipinski definition) is 1. The van der Waals surface area contributed by atoms with E-state index >= 15 is 0 Å². The zero-order chi connectivity index (χ0) is 16.7. The predicted octanol–water partition coefficient (Wildman–Crippen LogP) is 3.16.